The Kier molecular flexibility index (Phi) is 5.47. The lowest BCUT2D eigenvalue weighted by molar-refractivity contribution is -0.0787. The molecule has 1 N–H and O–H groups in total. The zero-order valence-electron chi connectivity index (χ0n) is 16.6. The van der Waals surface area contributed by atoms with Crippen molar-refractivity contribution in [2.75, 3.05) is 13.7 Å². The number of nitrogens with one attached hydrogen (secondary N) is 1. The highest BCUT2D eigenvalue weighted by atomic mass is 16.6. The van der Waals surface area contributed by atoms with E-state index in [1.54, 1.807) is 7.11 Å². The molecule has 26 heavy (non-hydrogen) atoms. The highest BCUT2D eigenvalue weighted by molar-refractivity contribution is 5.67. The van der Waals surface area contributed by atoms with E-state index >= 15 is 0 Å². The molecule has 2 bridgehead atoms. The van der Waals surface area contributed by atoms with Crippen LogP contribution in [0, 0.1) is 11.8 Å². The van der Waals surface area contributed by atoms with Gasteiger partial charge in [0.25, 0.3) is 0 Å². The SMILES string of the molecule is COc1ccc(CN2C3CC(C3)[C@H](C)[C@H]2CNC(=O)OC(C)(C)C)cc1. The molecule has 1 saturated carbocycles. The maximum absolute atomic E-state index is 12.1. The molecular formula is C21H32N2O3. The van der Waals surface area contributed by atoms with Crippen LogP contribution in [-0.4, -0.2) is 42.3 Å². The fraction of sp³-hybridized carbons (Fsp3) is 0.667. The largest absolute Gasteiger partial charge is 0.497 e. The number of fused-ring (bicyclic) bond motifs is 2. The van der Waals surface area contributed by atoms with Crippen LogP contribution in [0.25, 0.3) is 0 Å². The number of methoxy groups -OCH3 is 1. The molecule has 1 aliphatic carbocycles. The van der Waals surface area contributed by atoms with Gasteiger partial charge < -0.3 is 14.8 Å². The average molecular weight is 360 g/mol. The van der Waals surface area contributed by atoms with Crippen LogP contribution in [0.3, 0.4) is 0 Å². The maximum atomic E-state index is 12.1. The first-order chi connectivity index (χ1) is 12.3. The molecule has 1 amide bonds. The molecule has 144 valence electrons. The van der Waals surface area contributed by atoms with Crippen molar-refractivity contribution in [2.45, 2.75) is 64.8 Å². The summed E-state index contributed by atoms with van der Waals surface area (Å²) in [6.07, 6.45) is 2.23. The number of ether oxygens (including phenoxy) is 2. The van der Waals surface area contributed by atoms with Crippen LogP contribution in [-0.2, 0) is 11.3 Å². The number of hydrogen-bond donors (Lipinski definition) is 1. The number of carbonyl (C=O) groups excluding carboxylic acids is 1. The number of carbonyl (C=O) groups is 1. The average Bonchev–Trinajstić information content (AvgIpc) is 2.52. The zero-order valence-corrected chi connectivity index (χ0v) is 16.6. The van der Waals surface area contributed by atoms with E-state index in [1.165, 1.54) is 18.4 Å². The first-order valence-corrected chi connectivity index (χ1v) is 9.62. The van der Waals surface area contributed by atoms with E-state index in [1.807, 2.05) is 32.9 Å². The van der Waals surface area contributed by atoms with Crippen molar-refractivity contribution < 1.29 is 14.3 Å². The van der Waals surface area contributed by atoms with Gasteiger partial charge in [0.2, 0.25) is 0 Å². The normalized spacial score (nSPS) is 28.2. The molecule has 3 aliphatic rings. The van der Waals surface area contributed by atoms with Gasteiger partial charge in [-0.3, -0.25) is 4.90 Å². The van der Waals surface area contributed by atoms with E-state index in [-0.39, 0.29) is 6.09 Å². The molecule has 0 spiro atoms. The molecule has 3 fully saturated rings. The minimum Gasteiger partial charge on any atom is -0.497 e. The Morgan fingerprint density at radius 1 is 1.23 bits per heavy atom. The Hall–Kier alpha value is -1.75. The van der Waals surface area contributed by atoms with Gasteiger partial charge in [-0.1, -0.05) is 19.1 Å². The molecular weight excluding hydrogens is 328 g/mol. The van der Waals surface area contributed by atoms with Gasteiger partial charge in [0.1, 0.15) is 11.4 Å². The topological polar surface area (TPSA) is 50.8 Å². The Morgan fingerprint density at radius 3 is 2.46 bits per heavy atom. The first kappa shape index (κ1) is 19.0. The van der Waals surface area contributed by atoms with E-state index in [2.05, 4.69) is 29.3 Å². The lowest BCUT2D eigenvalue weighted by Gasteiger charge is -2.57. The summed E-state index contributed by atoms with van der Waals surface area (Å²) in [5.41, 5.74) is 0.818. The van der Waals surface area contributed by atoms with Crippen molar-refractivity contribution in [3.8, 4) is 5.75 Å². The molecule has 0 radical (unpaired) electrons. The molecule has 2 heterocycles. The van der Waals surface area contributed by atoms with Gasteiger partial charge in [0.15, 0.2) is 0 Å². The molecule has 5 nitrogen and oxygen atoms in total. The Morgan fingerprint density at radius 2 is 1.88 bits per heavy atom. The number of piperidine rings is 2. The van der Waals surface area contributed by atoms with E-state index < -0.39 is 5.60 Å². The van der Waals surface area contributed by atoms with E-state index in [0.717, 1.165) is 18.2 Å². The minimum atomic E-state index is -0.465. The quantitative estimate of drug-likeness (QED) is 0.867. The van der Waals surface area contributed by atoms with Crippen LogP contribution in [0.2, 0.25) is 0 Å². The van der Waals surface area contributed by atoms with Crippen LogP contribution in [0.1, 0.15) is 46.1 Å². The van der Waals surface area contributed by atoms with Crippen LogP contribution >= 0.6 is 0 Å². The third kappa shape index (κ3) is 4.32. The predicted molar refractivity (Wildman–Crippen MR) is 102 cm³/mol. The second-order valence-electron chi connectivity index (χ2n) is 8.71. The lowest BCUT2D eigenvalue weighted by atomic mass is 9.64. The number of amides is 1. The third-order valence-electron chi connectivity index (χ3n) is 5.77. The molecule has 1 aromatic carbocycles. The summed E-state index contributed by atoms with van der Waals surface area (Å²) >= 11 is 0. The van der Waals surface area contributed by atoms with Gasteiger partial charge in [0.05, 0.1) is 7.11 Å². The fourth-order valence-corrected chi connectivity index (χ4v) is 4.21. The van der Waals surface area contributed by atoms with Gasteiger partial charge >= 0.3 is 6.09 Å². The molecule has 2 saturated heterocycles. The number of benzene rings is 1. The summed E-state index contributed by atoms with van der Waals surface area (Å²) in [5.74, 6) is 2.25. The van der Waals surface area contributed by atoms with Crippen molar-refractivity contribution in [1.29, 1.82) is 0 Å². The Balaban J connectivity index is 1.64. The van der Waals surface area contributed by atoms with Crippen LogP contribution in [0.15, 0.2) is 24.3 Å². The van der Waals surface area contributed by atoms with Crippen molar-refractivity contribution in [2.24, 2.45) is 11.8 Å². The highest BCUT2D eigenvalue weighted by Gasteiger charge is 2.48. The smallest absolute Gasteiger partial charge is 0.407 e. The first-order valence-electron chi connectivity index (χ1n) is 9.62. The van der Waals surface area contributed by atoms with Crippen molar-refractivity contribution in [3.05, 3.63) is 29.8 Å². The van der Waals surface area contributed by atoms with Crippen molar-refractivity contribution >= 4 is 6.09 Å². The van der Waals surface area contributed by atoms with Gasteiger partial charge in [0, 0.05) is 25.2 Å². The Bertz CT molecular complexity index is 617. The molecule has 5 heteroatoms. The van der Waals surface area contributed by atoms with E-state index in [9.17, 15) is 4.79 Å². The summed E-state index contributed by atoms with van der Waals surface area (Å²) in [5, 5.41) is 2.99. The maximum Gasteiger partial charge on any atom is 0.407 e. The van der Waals surface area contributed by atoms with E-state index in [0.29, 0.717) is 24.5 Å². The Labute approximate surface area is 157 Å². The van der Waals surface area contributed by atoms with Crippen LogP contribution in [0.4, 0.5) is 4.79 Å². The molecule has 2 atom stereocenters. The van der Waals surface area contributed by atoms with Crippen molar-refractivity contribution in [3.63, 3.8) is 0 Å². The highest BCUT2D eigenvalue weighted by Crippen LogP contribution is 2.46. The summed E-state index contributed by atoms with van der Waals surface area (Å²) in [7, 11) is 1.69. The number of hydrogen-bond acceptors (Lipinski definition) is 4. The molecule has 0 unspecified atom stereocenters. The predicted octanol–water partition coefficient (Wildman–Crippen LogP) is 3.82. The molecule has 1 aromatic rings. The molecule has 2 aliphatic heterocycles. The summed E-state index contributed by atoms with van der Waals surface area (Å²) < 4.78 is 10.7. The monoisotopic (exact) mass is 360 g/mol. The third-order valence-corrected chi connectivity index (χ3v) is 5.77. The fourth-order valence-electron chi connectivity index (χ4n) is 4.21. The zero-order chi connectivity index (χ0) is 18.9. The summed E-state index contributed by atoms with van der Waals surface area (Å²) in [6, 6.07) is 9.27. The van der Waals surface area contributed by atoms with E-state index in [4.69, 9.17) is 9.47 Å². The van der Waals surface area contributed by atoms with Crippen LogP contribution < -0.4 is 10.1 Å². The standard InChI is InChI=1S/C21H32N2O3/c1-14-16-10-17(11-16)23(13-15-6-8-18(25-5)9-7-15)19(14)12-22-20(24)26-21(2,3)4/h6-9,14,16-17,19H,10-13H2,1-5H3,(H,22,24)/t14-,16?,17?,19+/m0/s1. The van der Waals surface area contributed by atoms with Gasteiger partial charge in [-0.2, -0.15) is 0 Å². The second kappa shape index (κ2) is 7.47. The van der Waals surface area contributed by atoms with Crippen LogP contribution in [0.5, 0.6) is 5.75 Å². The number of nitrogens with zero attached hydrogens (tertiary/aromatic N) is 1. The summed E-state index contributed by atoms with van der Waals surface area (Å²) in [6.45, 7) is 9.54. The molecule has 4 rings (SSSR count). The number of rotatable bonds is 5. The summed E-state index contributed by atoms with van der Waals surface area (Å²) in [4.78, 5) is 14.6. The molecule has 0 aromatic heterocycles. The van der Waals surface area contributed by atoms with Gasteiger partial charge in [-0.25, -0.2) is 4.79 Å². The second-order valence-corrected chi connectivity index (χ2v) is 8.71. The van der Waals surface area contributed by atoms with Gasteiger partial charge in [-0.15, -0.1) is 0 Å². The number of alkyl carbamates (subject to hydrolysis) is 1. The van der Waals surface area contributed by atoms with Crippen molar-refractivity contribution in [1.82, 2.24) is 10.2 Å². The minimum absolute atomic E-state index is 0.326. The lowest BCUT2D eigenvalue weighted by Crippen LogP contribution is -2.63. The van der Waals surface area contributed by atoms with Gasteiger partial charge in [-0.05, 0) is 63.1 Å².